The van der Waals surface area contributed by atoms with Crippen molar-refractivity contribution in [3.05, 3.63) is 47.7 Å². The number of ether oxygens (including phenoxy) is 3. The van der Waals surface area contributed by atoms with Crippen molar-refractivity contribution in [1.29, 1.82) is 0 Å². The number of esters is 2. The molecule has 3 rings (SSSR count). The Bertz CT molecular complexity index is 1730. The van der Waals surface area contributed by atoms with Crippen LogP contribution in [0, 0.1) is 10.8 Å². The maximum atomic E-state index is 13.6. The molecule has 1 aliphatic rings. The van der Waals surface area contributed by atoms with Crippen molar-refractivity contribution in [3.63, 3.8) is 0 Å². The summed E-state index contributed by atoms with van der Waals surface area (Å²) in [4.78, 5) is 69.9. The smallest absolute Gasteiger partial charge is 0.408 e. The van der Waals surface area contributed by atoms with Crippen LogP contribution in [0.25, 0.3) is 17.0 Å². The minimum Gasteiger partial charge on any atom is -0.460 e. The van der Waals surface area contributed by atoms with Crippen molar-refractivity contribution in [2.45, 2.75) is 116 Å². The quantitative estimate of drug-likeness (QED) is 0.126. The minimum atomic E-state index is -1.78. The fourth-order valence-electron chi connectivity index (χ4n) is 5.26. The molecule has 1 saturated heterocycles. The number of fused-ring (bicyclic) bond motifs is 1. The average Bonchev–Trinajstić information content (AvgIpc) is 3.05. The predicted molar refractivity (Wildman–Crippen MR) is 208 cm³/mol. The van der Waals surface area contributed by atoms with Gasteiger partial charge in [0.15, 0.2) is 6.10 Å². The molecule has 298 valence electrons. The molecule has 1 fully saturated rings. The third kappa shape index (κ3) is 13.6. The number of nitrogens with one attached hydrogen (secondary N) is 3. The second kappa shape index (κ2) is 17.9. The first-order chi connectivity index (χ1) is 24.8. The van der Waals surface area contributed by atoms with Gasteiger partial charge in [-0.15, -0.1) is 0 Å². The van der Waals surface area contributed by atoms with Crippen LogP contribution in [-0.2, 0) is 33.4 Å². The summed E-state index contributed by atoms with van der Waals surface area (Å²) in [6.07, 6.45) is 2.56. The fourth-order valence-corrected chi connectivity index (χ4v) is 5.43. The number of nitrogens with zero attached hydrogens (tertiary/aromatic N) is 2. The largest absolute Gasteiger partial charge is 0.460 e. The second-order valence-electron chi connectivity index (χ2n) is 16.0. The Hall–Kier alpha value is -3.65. The molecule has 2 aromatic rings. The average molecular weight is 813 g/mol. The van der Waals surface area contributed by atoms with Gasteiger partial charge in [-0.05, 0) is 79.0 Å². The number of alkyl halides is 3. The zero-order chi connectivity index (χ0) is 40.8. The van der Waals surface area contributed by atoms with Gasteiger partial charge in [-0.3, -0.25) is 29.2 Å². The molecule has 16 heteroatoms. The van der Waals surface area contributed by atoms with Gasteiger partial charge >= 0.3 is 18.0 Å². The van der Waals surface area contributed by atoms with Gasteiger partial charge in [0, 0.05) is 17.3 Å². The second-order valence-corrected chi connectivity index (χ2v) is 18.5. The van der Waals surface area contributed by atoms with Crippen LogP contribution in [0.5, 0.6) is 0 Å². The van der Waals surface area contributed by atoms with Gasteiger partial charge in [0.05, 0.1) is 22.7 Å². The van der Waals surface area contributed by atoms with Crippen molar-refractivity contribution in [1.82, 2.24) is 26.1 Å². The molecule has 4 atom stereocenters. The zero-order valence-corrected chi connectivity index (χ0v) is 34.7. The van der Waals surface area contributed by atoms with Crippen LogP contribution in [0.3, 0.4) is 0 Å². The van der Waals surface area contributed by atoms with E-state index in [0.717, 1.165) is 10.9 Å². The Morgan fingerprint density at radius 1 is 0.981 bits per heavy atom. The van der Waals surface area contributed by atoms with Crippen LogP contribution in [0.1, 0.15) is 99.4 Å². The SMILES string of the molecule is C[C@H](NC(=O)[C@@H](OC(=O)C(C)(C)C=Cc1ccc2ccc([C@@H](C)NC(=O)OC(C)(C)C)nc2c1)C(C)(C)C)C(=O)N1CCC[C@@H](C(=O)OCC(Cl)(Cl)Cl)N1. The Morgan fingerprint density at radius 3 is 2.24 bits per heavy atom. The zero-order valence-electron chi connectivity index (χ0n) is 32.5. The summed E-state index contributed by atoms with van der Waals surface area (Å²) in [5, 5.41) is 7.60. The molecular formula is C38H52Cl3N5O8. The van der Waals surface area contributed by atoms with E-state index in [1.54, 1.807) is 67.5 Å². The van der Waals surface area contributed by atoms with E-state index in [4.69, 9.17) is 54.0 Å². The summed E-state index contributed by atoms with van der Waals surface area (Å²) >= 11 is 17.0. The lowest BCUT2D eigenvalue weighted by atomic mass is 9.87. The number of hydrogen-bond donors (Lipinski definition) is 3. The van der Waals surface area contributed by atoms with E-state index in [1.165, 1.54) is 11.9 Å². The maximum Gasteiger partial charge on any atom is 0.408 e. The molecule has 1 aromatic carbocycles. The molecule has 1 aliphatic heterocycles. The van der Waals surface area contributed by atoms with Gasteiger partial charge in [-0.1, -0.05) is 85.9 Å². The highest BCUT2D eigenvalue weighted by atomic mass is 35.6. The number of carbonyl (C=O) groups excluding carboxylic acids is 5. The molecule has 0 aliphatic carbocycles. The summed E-state index contributed by atoms with van der Waals surface area (Å²) in [5.74, 6) is -2.49. The standard InChI is InChI=1S/C38H52Cl3N5O8/c1-22(43-34(51)54-36(6,7)8)26-16-15-25-14-13-24(20-28(25)44-26)17-18-37(9,10)33(50)53-29(35(3,4)5)30(47)42-23(2)31(48)46-19-11-12-27(45-46)32(49)52-21-38(39,40)41/h13-18,20,22-23,27,29,45H,11-12,19,21H2,1-10H3,(H,42,47)(H,43,51)/t22-,23+,27+,29-/m1/s1. The minimum absolute atomic E-state index is 0.282. The van der Waals surface area contributed by atoms with Crippen molar-refractivity contribution >= 4 is 81.6 Å². The van der Waals surface area contributed by atoms with E-state index in [9.17, 15) is 24.0 Å². The van der Waals surface area contributed by atoms with E-state index >= 15 is 0 Å². The van der Waals surface area contributed by atoms with Crippen LogP contribution < -0.4 is 16.1 Å². The van der Waals surface area contributed by atoms with E-state index in [0.29, 0.717) is 24.1 Å². The molecule has 0 unspecified atom stereocenters. The van der Waals surface area contributed by atoms with Crippen LogP contribution in [0.4, 0.5) is 4.79 Å². The number of benzene rings is 1. The number of carbonyl (C=O) groups is 5. The van der Waals surface area contributed by atoms with E-state index < -0.39 is 80.9 Å². The van der Waals surface area contributed by atoms with Gasteiger partial charge in [0.2, 0.25) is 3.79 Å². The third-order valence-electron chi connectivity index (χ3n) is 8.23. The van der Waals surface area contributed by atoms with Crippen molar-refractivity contribution in [2.75, 3.05) is 13.2 Å². The number of pyridine rings is 1. The van der Waals surface area contributed by atoms with E-state index in [2.05, 4.69) is 16.1 Å². The molecule has 13 nitrogen and oxygen atoms in total. The molecule has 0 spiro atoms. The highest BCUT2D eigenvalue weighted by Crippen LogP contribution is 2.29. The van der Waals surface area contributed by atoms with Gasteiger partial charge in [-0.2, -0.15) is 0 Å². The first-order valence-corrected chi connectivity index (χ1v) is 18.8. The molecule has 0 bridgehead atoms. The van der Waals surface area contributed by atoms with Crippen LogP contribution >= 0.6 is 34.8 Å². The Morgan fingerprint density at radius 2 is 1.63 bits per heavy atom. The van der Waals surface area contributed by atoms with Crippen LogP contribution in [-0.4, -0.2) is 80.6 Å². The summed E-state index contributed by atoms with van der Waals surface area (Å²) < 4.78 is 14.5. The van der Waals surface area contributed by atoms with Crippen LogP contribution in [0.15, 0.2) is 36.4 Å². The topological polar surface area (TPSA) is 165 Å². The molecular weight excluding hydrogens is 761 g/mol. The van der Waals surface area contributed by atoms with Gasteiger partial charge in [0.1, 0.15) is 24.3 Å². The number of amides is 3. The first-order valence-electron chi connectivity index (χ1n) is 17.7. The lowest BCUT2D eigenvalue weighted by molar-refractivity contribution is -0.169. The van der Waals surface area contributed by atoms with E-state index in [1.807, 2.05) is 37.3 Å². The molecule has 0 saturated carbocycles. The summed E-state index contributed by atoms with van der Waals surface area (Å²) in [5.41, 5.74) is 2.32. The Kier molecular flexibility index (Phi) is 14.8. The lowest BCUT2D eigenvalue weighted by Gasteiger charge is -2.35. The molecule has 2 heterocycles. The Balaban J connectivity index is 1.67. The van der Waals surface area contributed by atoms with E-state index in [-0.39, 0.29) is 6.54 Å². The predicted octanol–water partition coefficient (Wildman–Crippen LogP) is 6.73. The molecule has 54 heavy (non-hydrogen) atoms. The maximum absolute atomic E-state index is 13.6. The highest BCUT2D eigenvalue weighted by molar-refractivity contribution is 6.67. The third-order valence-corrected chi connectivity index (χ3v) is 8.55. The molecule has 3 N–H and O–H groups in total. The lowest BCUT2D eigenvalue weighted by Crippen LogP contribution is -2.60. The molecule has 3 amide bonds. The number of hydrazine groups is 1. The fraction of sp³-hybridized carbons (Fsp3) is 0.579. The Labute approximate surface area is 332 Å². The van der Waals surface area contributed by atoms with Gasteiger partial charge in [0.25, 0.3) is 11.8 Å². The highest BCUT2D eigenvalue weighted by Gasteiger charge is 2.40. The first kappa shape index (κ1) is 44.7. The number of hydrogen-bond acceptors (Lipinski definition) is 10. The van der Waals surface area contributed by atoms with Crippen LogP contribution in [0.2, 0.25) is 0 Å². The van der Waals surface area contributed by atoms with Gasteiger partial charge < -0.3 is 24.8 Å². The molecule has 1 aromatic heterocycles. The normalized spacial score (nSPS) is 17.4. The van der Waals surface area contributed by atoms with Crippen molar-refractivity contribution in [3.8, 4) is 0 Å². The van der Waals surface area contributed by atoms with Gasteiger partial charge in [-0.25, -0.2) is 10.2 Å². The number of aromatic nitrogens is 1. The molecule has 0 radical (unpaired) electrons. The van der Waals surface area contributed by atoms with Crippen molar-refractivity contribution in [2.24, 2.45) is 10.8 Å². The summed E-state index contributed by atoms with van der Waals surface area (Å²) in [6.45, 7) is 17.1. The number of halogens is 3. The monoisotopic (exact) mass is 811 g/mol. The number of alkyl carbamates (subject to hydrolysis) is 1. The number of rotatable bonds is 11. The summed E-state index contributed by atoms with van der Waals surface area (Å²) in [7, 11) is 0. The summed E-state index contributed by atoms with van der Waals surface area (Å²) in [6, 6.07) is 7.13. The van der Waals surface area contributed by atoms with Crippen molar-refractivity contribution < 1.29 is 38.2 Å².